The number of urea groups is 1. The molecule has 0 saturated carbocycles. The van der Waals surface area contributed by atoms with Crippen LogP contribution in [-0.4, -0.2) is 39.0 Å². The molecule has 0 aliphatic carbocycles. The highest BCUT2D eigenvalue weighted by atomic mass is 19.1. The second-order valence-electron chi connectivity index (χ2n) is 7.38. The number of aryl methyl sites for hydroxylation is 2. The maximum absolute atomic E-state index is 14.3. The van der Waals surface area contributed by atoms with Crippen LogP contribution in [0, 0.1) is 19.7 Å². The van der Waals surface area contributed by atoms with E-state index in [2.05, 4.69) is 10.3 Å². The Morgan fingerprint density at radius 2 is 1.87 bits per heavy atom. The lowest BCUT2D eigenvalue weighted by Crippen LogP contribution is -2.31. The lowest BCUT2D eigenvalue weighted by Gasteiger charge is -2.19. The SMILES string of the molecule is Cc1noc(C)c1CN1CCN(c2cccc3c2cnn3-c2ccccc2F)C1=O. The van der Waals surface area contributed by atoms with Crippen molar-refractivity contribution in [1.82, 2.24) is 19.8 Å². The van der Waals surface area contributed by atoms with Gasteiger partial charge in [0.2, 0.25) is 0 Å². The third-order valence-electron chi connectivity index (χ3n) is 5.59. The van der Waals surface area contributed by atoms with Crippen LogP contribution in [0.4, 0.5) is 14.9 Å². The fraction of sp³-hybridized carbons (Fsp3) is 0.227. The van der Waals surface area contributed by atoms with E-state index < -0.39 is 0 Å². The molecule has 1 aliphatic heterocycles. The van der Waals surface area contributed by atoms with Crippen molar-refractivity contribution < 1.29 is 13.7 Å². The van der Waals surface area contributed by atoms with Crippen LogP contribution < -0.4 is 4.90 Å². The molecule has 0 bridgehead atoms. The molecule has 0 unspecified atom stereocenters. The first-order valence-corrected chi connectivity index (χ1v) is 9.74. The number of hydrogen-bond donors (Lipinski definition) is 0. The zero-order valence-electron chi connectivity index (χ0n) is 16.7. The normalized spacial score (nSPS) is 14.3. The lowest BCUT2D eigenvalue weighted by atomic mass is 10.2. The van der Waals surface area contributed by atoms with Gasteiger partial charge in [0, 0.05) is 24.0 Å². The minimum absolute atomic E-state index is 0.0823. The summed E-state index contributed by atoms with van der Waals surface area (Å²) in [6.07, 6.45) is 1.68. The van der Waals surface area contributed by atoms with Gasteiger partial charge in [-0.1, -0.05) is 23.4 Å². The Balaban J connectivity index is 1.49. The second-order valence-corrected chi connectivity index (χ2v) is 7.38. The van der Waals surface area contributed by atoms with Gasteiger partial charge in [-0.3, -0.25) is 4.90 Å². The Labute approximate surface area is 172 Å². The van der Waals surface area contributed by atoms with Crippen molar-refractivity contribution in [3.63, 3.8) is 0 Å². The minimum Gasteiger partial charge on any atom is -0.361 e. The van der Waals surface area contributed by atoms with Crippen molar-refractivity contribution in [2.75, 3.05) is 18.0 Å². The van der Waals surface area contributed by atoms with E-state index in [0.717, 1.165) is 33.6 Å². The number of para-hydroxylation sites is 1. The van der Waals surface area contributed by atoms with Crippen molar-refractivity contribution in [3.05, 3.63) is 71.5 Å². The number of anilines is 1. The Morgan fingerprint density at radius 3 is 2.63 bits per heavy atom. The van der Waals surface area contributed by atoms with Crippen molar-refractivity contribution >= 4 is 22.6 Å². The summed E-state index contributed by atoms with van der Waals surface area (Å²) in [5.41, 5.74) is 3.62. The number of carbonyl (C=O) groups is 1. The van der Waals surface area contributed by atoms with Crippen molar-refractivity contribution in [2.45, 2.75) is 20.4 Å². The highest BCUT2D eigenvalue weighted by Gasteiger charge is 2.32. The van der Waals surface area contributed by atoms with Crippen LogP contribution in [-0.2, 0) is 6.54 Å². The summed E-state index contributed by atoms with van der Waals surface area (Å²) < 4.78 is 21.1. The third kappa shape index (κ3) is 2.83. The number of amides is 2. The summed E-state index contributed by atoms with van der Waals surface area (Å²) in [6.45, 7) is 5.35. The summed E-state index contributed by atoms with van der Waals surface area (Å²) >= 11 is 0. The van der Waals surface area contributed by atoms with E-state index in [1.165, 1.54) is 6.07 Å². The van der Waals surface area contributed by atoms with Crippen molar-refractivity contribution in [2.24, 2.45) is 0 Å². The lowest BCUT2D eigenvalue weighted by molar-refractivity contribution is 0.218. The molecule has 8 heteroatoms. The number of fused-ring (bicyclic) bond motifs is 1. The number of halogens is 1. The van der Waals surface area contributed by atoms with Crippen LogP contribution in [0.1, 0.15) is 17.0 Å². The summed E-state index contributed by atoms with van der Waals surface area (Å²) in [7, 11) is 0. The molecule has 1 fully saturated rings. The van der Waals surface area contributed by atoms with Gasteiger partial charge in [-0.2, -0.15) is 5.10 Å². The quantitative estimate of drug-likeness (QED) is 0.510. The first kappa shape index (κ1) is 18.4. The van der Waals surface area contributed by atoms with Crippen molar-refractivity contribution in [3.8, 4) is 5.69 Å². The zero-order chi connectivity index (χ0) is 20.8. The van der Waals surface area contributed by atoms with Crippen LogP contribution in [0.25, 0.3) is 16.6 Å². The van der Waals surface area contributed by atoms with Gasteiger partial charge < -0.3 is 9.42 Å². The molecule has 3 heterocycles. The van der Waals surface area contributed by atoms with E-state index in [0.29, 0.717) is 25.3 Å². The highest BCUT2D eigenvalue weighted by Crippen LogP contribution is 2.31. The van der Waals surface area contributed by atoms with Gasteiger partial charge in [-0.25, -0.2) is 13.9 Å². The molecular weight excluding hydrogens is 385 g/mol. The molecule has 0 spiro atoms. The fourth-order valence-corrected chi connectivity index (χ4v) is 3.96. The van der Waals surface area contributed by atoms with E-state index in [4.69, 9.17) is 4.52 Å². The van der Waals surface area contributed by atoms with Gasteiger partial charge in [0.25, 0.3) is 0 Å². The van der Waals surface area contributed by atoms with Crippen LogP contribution in [0.2, 0.25) is 0 Å². The topological polar surface area (TPSA) is 67.4 Å². The van der Waals surface area contributed by atoms with E-state index in [-0.39, 0.29) is 11.8 Å². The molecule has 0 radical (unpaired) electrons. The minimum atomic E-state index is -0.351. The van der Waals surface area contributed by atoms with Crippen LogP contribution in [0.5, 0.6) is 0 Å². The average Bonchev–Trinajstić information content (AvgIpc) is 3.42. The van der Waals surface area contributed by atoms with Crippen molar-refractivity contribution in [1.29, 1.82) is 0 Å². The summed E-state index contributed by atoms with van der Waals surface area (Å²) in [5.74, 6) is 0.378. The van der Waals surface area contributed by atoms with Crippen LogP contribution in [0.3, 0.4) is 0 Å². The second kappa shape index (κ2) is 6.98. The van der Waals surface area contributed by atoms with E-state index in [9.17, 15) is 9.18 Å². The van der Waals surface area contributed by atoms with Crippen LogP contribution in [0.15, 0.2) is 53.2 Å². The molecule has 0 N–H and O–H groups in total. The summed E-state index contributed by atoms with van der Waals surface area (Å²) in [6, 6.07) is 12.1. The number of benzene rings is 2. The Morgan fingerprint density at radius 1 is 1.07 bits per heavy atom. The highest BCUT2D eigenvalue weighted by molar-refractivity contribution is 6.03. The van der Waals surface area contributed by atoms with E-state index in [1.807, 2.05) is 32.0 Å². The van der Waals surface area contributed by atoms with Gasteiger partial charge in [0.1, 0.15) is 17.3 Å². The molecule has 2 amide bonds. The van der Waals surface area contributed by atoms with Gasteiger partial charge in [-0.15, -0.1) is 0 Å². The molecule has 30 heavy (non-hydrogen) atoms. The Kier molecular flexibility index (Phi) is 4.27. The molecule has 4 aromatic rings. The maximum Gasteiger partial charge on any atom is 0.324 e. The largest absolute Gasteiger partial charge is 0.361 e. The molecule has 7 nitrogen and oxygen atoms in total. The molecule has 152 valence electrons. The molecule has 1 saturated heterocycles. The molecule has 2 aromatic heterocycles. The van der Waals surface area contributed by atoms with Crippen LogP contribution >= 0.6 is 0 Å². The molecule has 5 rings (SSSR count). The molecule has 2 aromatic carbocycles. The average molecular weight is 405 g/mol. The number of carbonyl (C=O) groups excluding carboxylic acids is 1. The monoisotopic (exact) mass is 405 g/mol. The number of nitrogens with zero attached hydrogens (tertiary/aromatic N) is 5. The van der Waals surface area contributed by atoms with E-state index in [1.54, 1.807) is 38.9 Å². The summed E-state index contributed by atoms with van der Waals surface area (Å²) in [5, 5.41) is 9.16. The van der Waals surface area contributed by atoms with Gasteiger partial charge in [0.15, 0.2) is 0 Å². The first-order valence-electron chi connectivity index (χ1n) is 9.74. The van der Waals surface area contributed by atoms with Gasteiger partial charge in [0.05, 0.1) is 29.6 Å². The predicted octanol–water partition coefficient (Wildman–Crippen LogP) is 4.21. The molecule has 1 aliphatic rings. The number of hydrogen-bond acceptors (Lipinski definition) is 4. The fourth-order valence-electron chi connectivity index (χ4n) is 3.96. The zero-order valence-corrected chi connectivity index (χ0v) is 16.7. The summed E-state index contributed by atoms with van der Waals surface area (Å²) in [4.78, 5) is 16.7. The van der Waals surface area contributed by atoms with E-state index >= 15 is 0 Å². The van der Waals surface area contributed by atoms with Gasteiger partial charge in [-0.05, 0) is 38.1 Å². The smallest absolute Gasteiger partial charge is 0.324 e. The number of aromatic nitrogens is 3. The Bertz CT molecular complexity index is 1240. The third-order valence-corrected chi connectivity index (χ3v) is 5.59. The molecular formula is C22H20FN5O2. The number of rotatable bonds is 4. The maximum atomic E-state index is 14.3. The first-order chi connectivity index (χ1) is 14.5. The van der Waals surface area contributed by atoms with Gasteiger partial charge >= 0.3 is 6.03 Å². The Hall–Kier alpha value is -3.68. The molecule has 0 atom stereocenters. The predicted molar refractivity (Wildman–Crippen MR) is 110 cm³/mol. The standard InChI is InChI=1S/C22H20FN5O2/c1-14-17(15(2)30-25-14)13-26-10-11-27(22(26)29)19-8-5-9-20-16(19)12-24-28(20)21-7-4-3-6-18(21)23/h3-9,12H,10-11,13H2,1-2H3.